The first-order chi connectivity index (χ1) is 18.9. The Morgan fingerprint density at radius 1 is 0.923 bits per heavy atom. The van der Waals surface area contributed by atoms with Gasteiger partial charge >= 0.3 is 11.9 Å². The molecule has 0 aliphatic heterocycles. The summed E-state index contributed by atoms with van der Waals surface area (Å²) in [6.45, 7) is 0. The molecule has 3 N–H and O–H groups in total. The molecule has 194 valence electrons. The number of carboxylic acids is 2. The predicted octanol–water partition coefficient (Wildman–Crippen LogP) is 5.51. The smallest absolute Gasteiger partial charge is 0.335 e. The van der Waals surface area contributed by atoms with Crippen LogP contribution in [-0.2, 0) is 0 Å². The van der Waals surface area contributed by atoms with E-state index in [-0.39, 0.29) is 11.1 Å². The van der Waals surface area contributed by atoms with E-state index in [0.29, 0.717) is 27.6 Å². The summed E-state index contributed by atoms with van der Waals surface area (Å²) in [5.74, 6) is -1.27. The van der Waals surface area contributed by atoms with Crippen molar-refractivity contribution in [2.75, 3.05) is 12.5 Å². The van der Waals surface area contributed by atoms with Crippen LogP contribution in [0, 0.1) is 0 Å². The summed E-state index contributed by atoms with van der Waals surface area (Å²) in [5.41, 5.74) is 7.60. The zero-order valence-corrected chi connectivity index (χ0v) is 21.3. The number of anilines is 1. The van der Waals surface area contributed by atoms with Crippen molar-refractivity contribution in [3.63, 3.8) is 0 Å². The monoisotopic (exact) mass is 539 g/mol. The number of methoxy groups -OCH3 is 1. The fourth-order valence-electron chi connectivity index (χ4n) is 3.74. The number of carboxylic acid groups (broad SMARTS) is 2. The molecule has 0 saturated carbocycles. The average molecular weight is 540 g/mol. The molecule has 0 saturated heterocycles. The third-order valence-corrected chi connectivity index (χ3v) is 6.53. The van der Waals surface area contributed by atoms with E-state index in [9.17, 15) is 19.8 Å². The van der Waals surface area contributed by atoms with Crippen LogP contribution in [0.15, 0.2) is 89.5 Å². The molecule has 3 aromatic carbocycles. The lowest BCUT2D eigenvalue weighted by atomic mass is 10.1. The van der Waals surface area contributed by atoms with Crippen LogP contribution in [0.5, 0.6) is 5.75 Å². The maximum atomic E-state index is 11.3. The molecule has 2 heterocycles. The number of rotatable bonds is 9. The van der Waals surface area contributed by atoms with Gasteiger partial charge in [0.15, 0.2) is 0 Å². The van der Waals surface area contributed by atoms with Gasteiger partial charge in [-0.1, -0.05) is 12.1 Å². The van der Waals surface area contributed by atoms with Gasteiger partial charge in [0.25, 0.3) is 0 Å². The highest BCUT2D eigenvalue weighted by Gasteiger charge is 2.13. The number of nitrogens with zero attached hydrogens (tertiary/aromatic N) is 4. The van der Waals surface area contributed by atoms with Crippen molar-refractivity contribution >= 4 is 34.6 Å². The van der Waals surface area contributed by atoms with Crippen molar-refractivity contribution in [2.45, 2.75) is 0 Å². The lowest BCUT2D eigenvalue weighted by Gasteiger charge is -2.02. The molecule has 10 nitrogen and oxygen atoms in total. The van der Waals surface area contributed by atoms with E-state index < -0.39 is 11.9 Å². The summed E-state index contributed by atoms with van der Waals surface area (Å²) >= 11 is 1.41. The molecule has 0 aliphatic carbocycles. The van der Waals surface area contributed by atoms with Crippen molar-refractivity contribution in [3.05, 3.63) is 101 Å². The first-order valence-corrected chi connectivity index (χ1v) is 12.5. The molecule has 5 rings (SSSR count). The second-order valence-electron chi connectivity index (χ2n) is 8.25. The largest absolute Gasteiger partial charge is 0.497 e. The van der Waals surface area contributed by atoms with Gasteiger partial charge in [-0.25, -0.2) is 19.3 Å². The maximum Gasteiger partial charge on any atom is 0.335 e. The number of aromatic carboxylic acids is 2. The molecule has 0 unspecified atom stereocenters. The van der Waals surface area contributed by atoms with Crippen LogP contribution in [-0.4, -0.2) is 50.2 Å². The van der Waals surface area contributed by atoms with Gasteiger partial charge in [-0.2, -0.15) is 10.2 Å². The number of ether oxygens (including phenoxy) is 1. The van der Waals surface area contributed by atoms with Gasteiger partial charge in [-0.05, 0) is 60.7 Å². The Morgan fingerprint density at radius 2 is 1.54 bits per heavy atom. The molecule has 0 fully saturated rings. The Balaban J connectivity index is 1.41. The second kappa shape index (κ2) is 11.0. The Kier molecular flexibility index (Phi) is 7.15. The summed E-state index contributed by atoms with van der Waals surface area (Å²) in [6, 6.07) is 20.3. The van der Waals surface area contributed by atoms with Gasteiger partial charge in [0.05, 0.1) is 35.8 Å². The summed E-state index contributed by atoms with van der Waals surface area (Å²) < 4.78 is 6.81. The van der Waals surface area contributed by atoms with Crippen molar-refractivity contribution in [1.82, 2.24) is 14.8 Å². The molecular weight excluding hydrogens is 518 g/mol. The molecular formula is C28H21N5O5S. The molecule has 0 amide bonds. The minimum absolute atomic E-state index is 0.163. The molecule has 5 aromatic rings. The number of hydrogen-bond acceptors (Lipinski definition) is 8. The van der Waals surface area contributed by atoms with Crippen LogP contribution in [0.25, 0.3) is 28.2 Å². The van der Waals surface area contributed by atoms with Crippen molar-refractivity contribution in [1.29, 1.82) is 0 Å². The first-order valence-electron chi connectivity index (χ1n) is 11.6. The summed E-state index contributed by atoms with van der Waals surface area (Å²) in [7, 11) is 1.62. The lowest BCUT2D eigenvalue weighted by molar-refractivity contribution is 0.0686. The molecule has 0 atom stereocenters. The van der Waals surface area contributed by atoms with E-state index in [2.05, 4.69) is 20.6 Å². The average Bonchev–Trinajstić information content (AvgIpc) is 3.61. The van der Waals surface area contributed by atoms with Gasteiger partial charge in [0.2, 0.25) is 5.13 Å². The Bertz CT molecular complexity index is 1660. The molecule has 0 aliphatic rings. The van der Waals surface area contributed by atoms with E-state index in [1.807, 2.05) is 29.6 Å². The van der Waals surface area contributed by atoms with Crippen molar-refractivity contribution in [2.24, 2.45) is 5.10 Å². The second-order valence-corrected chi connectivity index (χ2v) is 9.11. The summed E-state index contributed by atoms with van der Waals surface area (Å²) in [5, 5.41) is 30.0. The quantitative estimate of drug-likeness (QED) is 0.165. The lowest BCUT2D eigenvalue weighted by Crippen LogP contribution is -1.99. The Hall–Kier alpha value is -5.29. The van der Waals surface area contributed by atoms with Crippen LogP contribution in [0.2, 0.25) is 0 Å². The van der Waals surface area contributed by atoms with Gasteiger partial charge in [-0.3, -0.25) is 5.43 Å². The number of nitrogens with one attached hydrogen (secondary N) is 1. The fourth-order valence-corrected chi connectivity index (χ4v) is 4.41. The third-order valence-electron chi connectivity index (χ3n) is 5.78. The normalized spacial score (nSPS) is 11.0. The standard InChI is InChI=1S/C28H21N5O5S/c1-38-23-12-8-17(9-13-23)24-16-39-28(30-24)31-29-14-21-15-33(22-10-6-20(7-11-22)27(36)37)32-25(21)18-2-4-19(5-3-18)26(34)35/h2-16H,1H3,(H,30,31)(H,34,35)(H,36,37)/b29-14+. The number of hydrazone groups is 1. The van der Waals surface area contributed by atoms with E-state index in [1.54, 1.807) is 48.5 Å². The van der Waals surface area contributed by atoms with Crippen LogP contribution < -0.4 is 10.2 Å². The number of carbonyl (C=O) groups is 2. The Morgan fingerprint density at radius 3 is 2.15 bits per heavy atom. The highest BCUT2D eigenvalue weighted by Crippen LogP contribution is 2.27. The Labute approximate surface area is 226 Å². The van der Waals surface area contributed by atoms with Crippen LogP contribution in [0.4, 0.5) is 5.13 Å². The molecule has 39 heavy (non-hydrogen) atoms. The van der Waals surface area contributed by atoms with Crippen LogP contribution >= 0.6 is 11.3 Å². The molecule has 0 radical (unpaired) electrons. The topological polar surface area (TPSA) is 139 Å². The van der Waals surface area contributed by atoms with Crippen molar-refractivity contribution in [3.8, 4) is 34.0 Å². The third kappa shape index (κ3) is 5.68. The van der Waals surface area contributed by atoms with Crippen molar-refractivity contribution < 1.29 is 24.5 Å². The minimum Gasteiger partial charge on any atom is -0.497 e. The first kappa shape index (κ1) is 25.4. The molecule has 11 heteroatoms. The van der Waals surface area contributed by atoms with Crippen LogP contribution in [0.1, 0.15) is 26.3 Å². The van der Waals surface area contributed by atoms with Gasteiger partial charge in [-0.15, -0.1) is 11.3 Å². The number of benzene rings is 3. The van der Waals surface area contributed by atoms with E-state index in [0.717, 1.165) is 17.0 Å². The summed E-state index contributed by atoms with van der Waals surface area (Å²) in [4.78, 5) is 27.1. The molecule has 0 bridgehead atoms. The number of hydrogen-bond donors (Lipinski definition) is 3. The maximum absolute atomic E-state index is 11.3. The highest BCUT2D eigenvalue weighted by atomic mass is 32.1. The van der Waals surface area contributed by atoms with Gasteiger partial charge < -0.3 is 14.9 Å². The number of thiazole rings is 1. The van der Waals surface area contributed by atoms with Gasteiger partial charge in [0.1, 0.15) is 11.4 Å². The van der Waals surface area contributed by atoms with E-state index in [1.165, 1.54) is 35.6 Å². The number of aromatic nitrogens is 3. The van der Waals surface area contributed by atoms with Crippen LogP contribution in [0.3, 0.4) is 0 Å². The highest BCUT2D eigenvalue weighted by molar-refractivity contribution is 7.14. The van der Waals surface area contributed by atoms with Gasteiger partial charge in [0, 0.05) is 28.3 Å². The fraction of sp³-hybridized carbons (Fsp3) is 0.0357. The molecule has 2 aromatic heterocycles. The zero-order chi connectivity index (χ0) is 27.4. The minimum atomic E-state index is -1.02. The zero-order valence-electron chi connectivity index (χ0n) is 20.5. The molecule has 0 spiro atoms. The van der Waals surface area contributed by atoms with E-state index in [4.69, 9.17) is 4.74 Å². The van der Waals surface area contributed by atoms with E-state index >= 15 is 0 Å². The SMILES string of the molecule is COc1ccc(-c2csc(N/N=C/c3cn(-c4ccc(C(=O)O)cc4)nc3-c3ccc(C(=O)O)cc3)n2)cc1. The predicted molar refractivity (Wildman–Crippen MR) is 148 cm³/mol. The summed E-state index contributed by atoms with van der Waals surface area (Å²) in [6.07, 6.45) is 3.36.